The van der Waals surface area contributed by atoms with Gasteiger partial charge < -0.3 is 15.0 Å². The van der Waals surface area contributed by atoms with Crippen LogP contribution in [-0.4, -0.2) is 91.1 Å². The van der Waals surface area contributed by atoms with E-state index in [1.165, 1.54) is 11.3 Å². The lowest BCUT2D eigenvalue weighted by molar-refractivity contribution is -0.137. The number of benzene rings is 1. The van der Waals surface area contributed by atoms with Gasteiger partial charge in [0.25, 0.3) is 5.91 Å². The molecule has 3 heterocycles. The Morgan fingerprint density at radius 2 is 1.82 bits per heavy atom. The second kappa shape index (κ2) is 11.1. The molecule has 4 rings (SSSR count). The summed E-state index contributed by atoms with van der Waals surface area (Å²) in [5.74, 6) is -0.164. The Morgan fingerprint density at radius 3 is 2.50 bits per heavy atom. The van der Waals surface area contributed by atoms with Crippen molar-refractivity contribution < 1.29 is 19.1 Å². The molecule has 3 saturated heterocycles. The van der Waals surface area contributed by atoms with Gasteiger partial charge in [0.05, 0.1) is 19.7 Å². The minimum atomic E-state index is -1.07. The minimum absolute atomic E-state index is 0.0909. The van der Waals surface area contributed by atoms with Crippen molar-refractivity contribution >= 4 is 29.4 Å². The van der Waals surface area contributed by atoms with Crippen LogP contribution < -0.4 is 5.32 Å². The highest BCUT2D eigenvalue weighted by Crippen LogP contribution is 2.37. The zero-order chi connectivity index (χ0) is 24.1. The maximum atomic E-state index is 13.7. The predicted octanol–water partition coefficient (Wildman–Crippen LogP) is 2.54. The predicted molar refractivity (Wildman–Crippen MR) is 130 cm³/mol. The third-order valence-corrected chi connectivity index (χ3v) is 7.87. The second-order valence-electron chi connectivity index (χ2n) is 9.61. The highest BCUT2D eigenvalue weighted by molar-refractivity contribution is 6.31. The van der Waals surface area contributed by atoms with E-state index in [0.717, 1.165) is 31.5 Å². The van der Waals surface area contributed by atoms with Crippen LogP contribution in [0.4, 0.5) is 4.79 Å². The smallest absolute Gasteiger partial charge is 0.325 e. The topological polar surface area (TPSA) is 82.2 Å². The molecule has 1 unspecified atom stereocenters. The number of carbonyl (C=O) groups excluding carboxylic acids is 3. The molecule has 186 valence electrons. The Kier molecular flexibility index (Phi) is 8.11. The van der Waals surface area contributed by atoms with Crippen molar-refractivity contribution in [3.63, 3.8) is 0 Å². The molecule has 0 radical (unpaired) electrons. The summed E-state index contributed by atoms with van der Waals surface area (Å²) in [7, 11) is 1.55. The van der Waals surface area contributed by atoms with E-state index >= 15 is 0 Å². The van der Waals surface area contributed by atoms with Crippen LogP contribution in [-0.2, 0) is 20.7 Å². The largest absolute Gasteiger partial charge is 0.383 e. The summed E-state index contributed by atoms with van der Waals surface area (Å²) in [6.45, 7) is 4.10. The van der Waals surface area contributed by atoms with Crippen molar-refractivity contribution in [3.05, 3.63) is 34.9 Å². The summed E-state index contributed by atoms with van der Waals surface area (Å²) in [4.78, 5) is 44.9. The van der Waals surface area contributed by atoms with Crippen LogP contribution in [0.2, 0.25) is 5.02 Å². The van der Waals surface area contributed by atoms with Crippen LogP contribution >= 0.6 is 11.6 Å². The van der Waals surface area contributed by atoms with E-state index in [4.69, 9.17) is 16.3 Å². The fourth-order valence-electron chi connectivity index (χ4n) is 5.54. The first-order valence-corrected chi connectivity index (χ1v) is 12.7. The van der Waals surface area contributed by atoms with Gasteiger partial charge in [-0.2, -0.15) is 0 Å². The van der Waals surface area contributed by atoms with E-state index < -0.39 is 11.6 Å². The fourth-order valence-corrected chi connectivity index (χ4v) is 5.75. The molecule has 4 amide bonds. The molecule has 3 aliphatic rings. The number of nitrogens with one attached hydrogen (secondary N) is 1. The number of imide groups is 1. The van der Waals surface area contributed by atoms with Crippen LogP contribution in [0, 0.1) is 5.92 Å². The van der Waals surface area contributed by atoms with Crippen LogP contribution in [0.3, 0.4) is 0 Å². The SMILES string of the molecule is COCCN1C(=O)NC(Cc2ccccc2Cl)(C2CCN(C(=O)CN3CCCCC3)CC2)C1=O. The molecule has 0 aromatic heterocycles. The Morgan fingerprint density at radius 1 is 1.12 bits per heavy atom. The third-order valence-electron chi connectivity index (χ3n) is 7.50. The van der Waals surface area contributed by atoms with E-state index in [1.807, 2.05) is 23.1 Å². The summed E-state index contributed by atoms with van der Waals surface area (Å²) in [5, 5.41) is 3.62. The molecule has 9 heteroatoms. The zero-order valence-corrected chi connectivity index (χ0v) is 20.7. The third kappa shape index (κ3) is 5.24. The van der Waals surface area contributed by atoms with Gasteiger partial charge in [-0.1, -0.05) is 36.2 Å². The Labute approximate surface area is 206 Å². The minimum Gasteiger partial charge on any atom is -0.383 e. The number of piperidine rings is 2. The van der Waals surface area contributed by atoms with Gasteiger partial charge in [-0.25, -0.2) is 4.79 Å². The number of halogens is 1. The molecule has 34 heavy (non-hydrogen) atoms. The van der Waals surface area contributed by atoms with Gasteiger partial charge >= 0.3 is 6.03 Å². The number of hydrogen-bond acceptors (Lipinski definition) is 5. The van der Waals surface area contributed by atoms with E-state index in [-0.39, 0.29) is 30.9 Å². The first-order chi connectivity index (χ1) is 16.4. The van der Waals surface area contributed by atoms with E-state index in [1.54, 1.807) is 13.2 Å². The molecule has 3 aliphatic heterocycles. The number of carbonyl (C=O) groups is 3. The molecular weight excluding hydrogens is 456 g/mol. The van der Waals surface area contributed by atoms with Gasteiger partial charge in [0.15, 0.2) is 0 Å². The normalized spacial score (nSPS) is 24.5. The standard InChI is InChI=1S/C25H35ClN4O4/c1-34-16-15-30-23(32)25(27-24(30)33,17-19-7-3-4-8-21(19)26)20-9-13-29(14-10-20)22(31)18-28-11-5-2-6-12-28/h3-4,7-8,20H,2,5-6,9-18H2,1H3,(H,27,33). The average molecular weight is 491 g/mol. The van der Waals surface area contributed by atoms with Gasteiger partial charge in [-0.15, -0.1) is 0 Å². The summed E-state index contributed by atoms with van der Waals surface area (Å²) in [6, 6.07) is 7.05. The number of rotatable bonds is 8. The molecule has 1 N–H and O–H groups in total. The van der Waals surface area contributed by atoms with Crippen LogP contribution in [0.5, 0.6) is 0 Å². The van der Waals surface area contributed by atoms with E-state index in [2.05, 4.69) is 10.2 Å². The number of nitrogens with zero attached hydrogens (tertiary/aromatic N) is 3. The Bertz CT molecular complexity index is 899. The highest BCUT2D eigenvalue weighted by Gasteiger charge is 2.56. The molecule has 1 atom stereocenters. The monoisotopic (exact) mass is 490 g/mol. The number of urea groups is 1. The fraction of sp³-hybridized carbons (Fsp3) is 0.640. The Hall–Kier alpha value is -2.16. The summed E-state index contributed by atoms with van der Waals surface area (Å²) < 4.78 is 5.11. The van der Waals surface area contributed by atoms with Gasteiger partial charge in [-0.05, 0) is 56.3 Å². The second-order valence-corrected chi connectivity index (χ2v) is 10.0. The van der Waals surface area contributed by atoms with Crippen molar-refractivity contribution in [3.8, 4) is 0 Å². The van der Waals surface area contributed by atoms with Crippen LogP contribution in [0.1, 0.15) is 37.7 Å². The van der Waals surface area contributed by atoms with Crippen LogP contribution in [0.25, 0.3) is 0 Å². The summed E-state index contributed by atoms with van der Waals surface area (Å²) in [5.41, 5.74) is -0.243. The first-order valence-electron chi connectivity index (χ1n) is 12.3. The molecule has 3 fully saturated rings. The average Bonchev–Trinajstić information content (AvgIpc) is 3.09. The number of methoxy groups -OCH3 is 1. The molecule has 0 bridgehead atoms. The number of ether oxygens (including phenoxy) is 1. The van der Waals surface area contributed by atoms with Gasteiger partial charge in [0, 0.05) is 31.6 Å². The lowest BCUT2D eigenvalue weighted by atomic mass is 9.74. The molecule has 0 aliphatic carbocycles. The number of hydrogen-bond donors (Lipinski definition) is 1. The molecular formula is C25H35ClN4O4. The van der Waals surface area contributed by atoms with Crippen molar-refractivity contribution in [1.29, 1.82) is 0 Å². The van der Waals surface area contributed by atoms with Gasteiger partial charge in [0.1, 0.15) is 5.54 Å². The lowest BCUT2D eigenvalue weighted by Gasteiger charge is -2.41. The van der Waals surface area contributed by atoms with Crippen molar-refractivity contribution in [2.24, 2.45) is 5.92 Å². The van der Waals surface area contributed by atoms with Gasteiger partial charge in [-0.3, -0.25) is 19.4 Å². The molecule has 0 saturated carbocycles. The maximum Gasteiger partial charge on any atom is 0.325 e. The molecule has 1 aromatic rings. The maximum absolute atomic E-state index is 13.7. The number of amides is 4. The highest BCUT2D eigenvalue weighted by atomic mass is 35.5. The van der Waals surface area contributed by atoms with Crippen LogP contribution in [0.15, 0.2) is 24.3 Å². The van der Waals surface area contributed by atoms with Crippen molar-refractivity contribution in [1.82, 2.24) is 20.0 Å². The summed E-state index contributed by atoms with van der Waals surface area (Å²) in [6.07, 6.45) is 5.18. The Balaban J connectivity index is 1.49. The molecule has 1 aromatic carbocycles. The first kappa shape index (κ1) is 24.9. The van der Waals surface area contributed by atoms with Gasteiger partial charge in [0.2, 0.25) is 5.91 Å². The van der Waals surface area contributed by atoms with Crippen molar-refractivity contribution in [2.45, 2.75) is 44.1 Å². The summed E-state index contributed by atoms with van der Waals surface area (Å²) >= 11 is 6.45. The quantitative estimate of drug-likeness (QED) is 0.566. The molecule has 8 nitrogen and oxygen atoms in total. The lowest BCUT2D eigenvalue weighted by Crippen LogP contribution is -2.58. The molecule has 0 spiro atoms. The van der Waals surface area contributed by atoms with Crippen molar-refractivity contribution in [2.75, 3.05) is 53.0 Å². The number of likely N-dealkylation sites (tertiary alicyclic amines) is 2. The zero-order valence-electron chi connectivity index (χ0n) is 19.9. The van der Waals surface area contributed by atoms with E-state index in [9.17, 15) is 14.4 Å². The van der Waals surface area contributed by atoms with E-state index in [0.29, 0.717) is 43.9 Å².